The molecule has 1 atom stereocenters. The van der Waals surface area contributed by atoms with Crippen LogP contribution in [0, 0.1) is 0 Å². The third-order valence-corrected chi connectivity index (χ3v) is 8.64. The molecule has 3 aromatic rings. The van der Waals surface area contributed by atoms with E-state index in [-0.39, 0.29) is 11.1 Å². The number of benzene rings is 2. The monoisotopic (exact) mass is 484 g/mol. The van der Waals surface area contributed by atoms with Crippen molar-refractivity contribution in [2.75, 3.05) is 0 Å². The molecule has 7 rings (SSSR count). The highest BCUT2D eigenvalue weighted by molar-refractivity contribution is 5.69. The van der Waals surface area contributed by atoms with Gasteiger partial charge in [0.15, 0.2) is 5.66 Å². The van der Waals surface area contributed by atoms with E-state index in [0.29, 0.717) is 12.5 Å². The summed E-state index contributed by atoms with van der Waals surface area (Å²) >= 11 is 0. The average molecular weight is 485 g/mol. The van der Waals surface area contributed by atoms with Crippen molar-refractivity contribution in [1.82, 2.24) is 20.3 Å². The summed E-state index contributed by atoms with van der Waals surface area (Å²) in [7, 11) is 0. The molecule has 0 spiro atoms. The number of aromatic nitrogens is 2. The molecule has 2 aromatic carbocycles. The third kappa shape index (κ3) is 3.63. The molecule has 4 heterocycles. The smallest absolute Gasteiger partial charge is 0.270 e. The minimum absolute atomic E-state index is 0.0325. The van der Waals surface area contributed by atoms with E-state index in [1.807, 2.05) is 13.0 Å². The van der Waals surface area contributed by atoms with E-state index < -0.39 is 5.66 Å². The van der Waals surface area contributed by atoms with E-state index in [1.165, 1.54) is 24.1 Å². The second kappa shape index (κ2) is 8.73. The van der Waals surface area contributed by atoms with Crippen LogP contribution in [0.1, 0.15) is 87.7 Å². The highest BCUT2D eigenvalue weighted by atomic mass is 16.1. The van der Waals surface area contributed by atoms with Crippen LogP contribution in [0.4, 0.5) is 0 Å². The Bertz CT molecular complexity index is 1360. The summed E-state index contributed by atoms with van der Waals surface area (Å²) in [5.74, 6) is 0. The fraction of sp³-hybridized carbons (Fsp3) is 0.483. The van der Waals surface area contributed by atoms with Gasteiger partial charge in [-0.3, -0.25) is 9.48 Å². The Hall–Kier alpha value is -3.19. The van der Waals surface area contributed by atoms with Crippen molar-refractivity contribution in [3.05, 3.63) is 81.3 Å². The van der Waals surface area contributed by atoms with Crippen LogP contribution in [0.15, 0.2) is 63.7 Å². The van der Waals surface area contributed by atoms with Crippen LogP contribution in [0.25, 0.3) is 11.1 Å². The van der Waals surface area contributed by atoms with Gasteiger partial charge < -0.3 is 0 Å². The van der Waals surface area contributed by atoms with Crippen molar-refractivity contribution in [3.63, 3.8) is 0 Å². The summed E-state index contributed by atoms with van der Waals surface area (Å²) in [4.78, 5) is 13.8. The zero-order chi connectivity index (χ0) is 24.9. The molecule has 1 saturated carbocycles. The van der Waals surface area contributed by atoms with Gasteiger partial charge in [-0.25, -0.2) is 10.2 Å². The summed E-state index contributed by atoms with van der Waals surface area (Å²) < 4.78 is 4.57. The molecule has 7 heteroatoms. The lowest BCUT2D eigenvalue weighted by atomic mass is 9.79. The maximum Gasteiger partial charge on any atom is 0.270 e. The summed E-state index contributed by atoms with van der Waals surface area (Å²) in [6.45, 7) is 6.53. The van der Waals surface area contributed by atoms with Crippen LogP contribution in [-0.4, -0.2) is 9.36 Å². The fourth-order valence-corrected chi connectivity index (χ4v) is 6.54. The predicted molar refractivity (Wildman–Crippen MR) is 142 cm³/mol. The summed E-state index contributed by atoms with van der Waals surface area (Å²) in [5.41, 5.74) is 12.3. The predicted octanol–water partition coefficient (Wildman–Crippen LogP) is 5.74. The van der Waals surface area contributed by atoms with Gasteiger partial charge in [0.25, 0.3) is 5.56 Å². The number of hydrogen-bond acceptors (Lipinski definition) is 5. The summed E-state index contributed by atoms with van der Waals surface area (Å²) in [5, 5.41) is 8.28. The van der Waals surface area contributed by atoms with Crippen LogP contribution in [0.2, 0.25) is 0 Å². The van der Waals surface area contributed by atoms with Crippen molar-refractivity contribution < 1.29 is 0 Å². The first-order chi connectivity index (χ1) is 17.4. The van der Waals surface area contributed by atoms with Crippen LogP contribution >= 0.6 is 0 Å². The van der Waals surface area contributed by atoms with E-state index in [0.717, 1.165) is 54.4 Å². The lowest BCUT2D eigenvalue weighted by molar-refractivity contribution is 0.0566. The van der Waals surface area contributed by atoms with Crippen LogP contribution in [-0.2, 0) is 24.0 Å². The number of nitrogens with one attached hydrogen (secondary N) is 2. The largest absolute Gasteiger partial charge is 0.283 e. The molecule has 1 unspecified atom stereocenters. The molecule has 7 nitrogen and oxygen atoms in total. The number of fused-ring (bicyclic) bond motifs is 2. The molecule has 0 saturated heterocycles. The van der Waals surface area contributed by atoms with Crippen molar-refractivity contribution in [2.24, 2.45) is 10.3 Å². The number of unbranched alkanes of at least 4 members (excludes halogenated alkanes) is 1. The first kappa shape index (κ1) is 23.2. The van der Waals surface area contributed by atoms with E-state index >= 15 is 0 Å². The molecule has 0 amide bonds. The first-order valence-electron chi connectivity index (χ1n) is 13.4. The summed E-state index contributed by atoms with van der Waals surface area (Å²) in [6, 6.07) is 17.5. The van der Waals surface area contributed by atoms with Crippen LogP contribution in [0.3, 0.4) is 0 Å². The van der Waals surface area contributed by atoms with Gasteiger partial charge in [0, 0.05) is 23.2 Å². The molecule has 2 N–H and O–H groups in total. The lowest BCUT2D eigenvalue weighted by Gasteiger charge is -2.47. The standard InChI is InChI=1S/C29H36N6O/c1-4-5-10-26-24(27(36)35-28(2)17-15-22(16-18-28)34(26)35)19-20-11-13-21(14-12-20)23-8-6-7-9-25(23)29(3)30-32-33-31-29/h6-9,11-14,22H,4-5,10,15-19H2,1-3H3,(H,30,33)(H,31,32). The number of nitrogens with zero attached hydrogens (tertiary/aromatic N) is 4. The maximum atomic E-state index is 13.8. The Labute approximate surface area is 212 Å². The average Bonchev–Trinajstić information content (AvgIpc) is 3.47. The first-order valence-corrected chi connectivity index (χ1v) is 13.4. The lowest BCUT2D eigenvalue weighted by Crippen LogP contribution is -2.50. The molecule has 1 fully saturated rings. The Balaban J connectivity index is 1.35. The highest BCUT2D eigenvalue weighted by Crippen LogP contribution is 2.45. The van der Waals surface area contributed by atoms with Gasteiger partial charge in [-0.2, -0.15) is 5.43 Å². The van der Waals surface area contributed by atoms with Gasteiger partial charge in [-0.1, -0.05) is 67.1 Å². The van der Waals surface area contributed by atoms with Gasteiger partial charge in [0.05, 0.1) is 11.6 Å². The molecular weight excluding hydrogens is 448 g/mol. The molecule has 0 radical (unpaired) electrons. The van der Waals surface area contributed by atoms with E-state index in [9.17, 15) is 4.79 Å². The van der Waals surface area contributed by atoms with Gasteiger partial charge in [0.1, 0.15) is 0 Å². The minimum atomic E-state index is -0.612. The zero-order valence-electron chi connectivity index (χ0n) is 21.6. The molecule has 1 aliphatic carbocycles. The van der Waals surface area contributed by atoms with Crippen molar-refractivity contribution in [1.29, 1.82) is 0 Å². The van der Waals surface area contributed by atoms with Gasteiger partial charge in [0.2, 0.25) is 0 Å². The number of hydrogen-bond donors (Lipinski definition) is 2. The Morgan fingerprint density at radius 3 is 2.50 bits per heavy atom. The van der Waals surface area contributed by atoms with E-state index in [1.54, 1.807) is 0 Å². The molecule has 36 heavy (non-hydrogen) atoms. The van der Waals surface area contributed by atoms with Gasteiger partial charge >= 0.3 is 0 Å². The molecule has 188 valence electrons. The Morgan fingerprint density at radius 1 is 1.06 bits per heavy atom. The van der Waals surface area contributed by atoms with Crippen LogP contribution in [0.5, 0.6) is 0 Å². The maximum absolute atomic E-state index is 13.8. The quantitative estimate of drug-likeness (QED) is 0.449. The molecule has 2 bridgehead atoms. The van der Waals surface area contributed by atoms with Gasteiger partial charge in [-0.15, -0.1) is 5.11 Å². The molecule has 4 aliphatic rings. The topological polar surface area (TPSA) is 75.7 Å². The van der Waals surface area contributed by atoms with Gasteiger partial charge in [-0.05, 0) is 69.1 Å². The minimum Gasteiger partial charge on any atom is -0.283 e. The SMILES string of the molecule is CCCCc1c(Cc2ccc(-c3ccccc3C3(C)N=NNN3)cc2)c(=O)n2n1C1CCC2(C)CC1. The highest BCUT2D eigenvalue weighted by Gasteiger charge is 2.44. The van der Waals surface area contributed by atoms with Crippen molar-refractivity contribution >= 4 is 0 Å². The number of rotatable bonds is 7. The summed E-state index contributed by atoms with van der Waals surface area (Å²) in [6.07, 6.45) is 8.55. The Kier molecular flexibility index (Phi) is 5.63. The molecule has 3 aliphatic heterocycles. The second-order valence-corrected chi connectivity index (χ2v) is 11.1. The second-order valence-electron chi connectivity index (χ2n) is 11.1. The number of hydrazine groups is 1. The van der Waals surface area contributed by atoms with Crippen molar-refractivity contribution in [2.45, 2.75) is 89.4 Å². The van der Waals surface area contributed by atoms with Crippen LogP contribution < -0.4 is 16.5 Å². The zero-order valence-corrected chi connectivity index (χ0v) is 21.6. The normalized spacial score (nSPS) is 26.2. The van der Waals surface area contributed by atoms with Crippen molar-refractivity contribution in [3.8, 4) is 11.1 Å². The third-order valence-electron chi connectivity index (χ3n) is 8.64. The Morgan fingerprint density at radius 2 is 1.81 bits per heavy atom. The fourth-order valence-electron chi connectivity index (χ4n) is 6.54. The molecule has 1 aromatic heterocycles. The van der Waals surface area contributed by atoms with E-state index in [4.69, 9.17) is 0 Å². The molecular formula is C29H36N6O. The van der Waals surface area contributed by atoms with E-state index in [2.05, 4.69) is 87.0 Å².